The number of benzene rings is 1. The van der Waals surface area contributed by atoms with Crippen LogP contribution in [0, 0.1) is 0 Å². The number of aliphatic hydroxyl groups excluding tert-OH is 1. The van der Waals surface area contributed by atoms with Gasteiger partial charge in [-0.2, -0.15) is 0 Å². The van der Waals surface area contributed by atoms with Gasteiger partial charge in [0.2, 0.25) is 0 Å². The molecule has 20 heavy (non-hydrogen) atoms. The predicted molar refractivity (Wildman–Crippen MR) is 81.4 cm³/mol. The third-order valence-corrected chi connectivity index (χ3v) is 3.90. The monoisotopic (exact) mass is 278 g/mol. The zero-order chi connectivity index (χ0) is 14.5. The molecule has 1 fully saturated rings. The second-order valence-electron chi connectivity index (χ2n) is 5.72. The van der Waals surface area contributed by atoms with E-state index in [4.69, 9.17) is 4.74 Å². The molecule has 1 aromatic carbocycles. The van der Waals surface area contributed by atoms with Crippen molar-refractivity contribution in [1.29, 1.82) is 0 Å². The van der Waals surface area contributed by atoms with E-state index in [0.717, 1.165) is 43.1 Å². The van der Waals surface area contributed by atoms with Crippen molar-refractivity contribution in [3.05, 3.63) is 29.3 Å². The van der Waals surface area contributed by atoms with Crippen LogP contribution in [0.5, 0.6) is 5.75 Å². The molecule has 0 amide bonds. The summed E-state index contributed by atoms with van der Waals surface area (Å²) >= 11 is 0. The molecule has 1 atom stereocenters. The van der Waals surface area contributed by atoms with Gasteiger partial charge in [0.1, 0.15) is 5.75 Å². The van der Waals surface area contributed by atoms with E-state index in [1.807, 2.05) is 12.1 Å². The van der Waals surface area contributed by atoms with Crippen LogP contribution < -0.4 is 10.1 Å². The Morgan fingerprint density at radius 3 is 2.60 bits per heavy atom. The summed E-state index contributed by atoms with van der Waals surface area (Å²) in [4.78, 5) is 2.31. The summed E-state index contributed by atoms with van der Waals surface area (Å²) in [6.07, 6.45) is -0.434. The first-order valence-electron chi connectivity index (χ1n) is 7.40. The Balaban J connectivity index is 2.08. The lowest BCUT2D eigenvalue weighted by Crippen LogP contribution is -2.44. The van der Waals surface area contributed by atoms with Crippen molar-refractivity contribution < 1.29 is 9.84 Å². The number of nitrogens with zero attached hydrogens (tertiary/aromatic N) is 1. The van der Waals surface area contributed by atoms with Crippen molar-refractivity contribution in [1.82, 2.24) is 10.2 Å². The lowest BCUT2D eigenvalue weighted by Gasteiger charge is -2.29. The molecular weight excluding hydrogens is 252 g/mol. The normalized spacial score (nSPS) is 18.2. The topological polar surface area (TPSA) is 44.7 Å². The molecule has 0 radical (unpaired) electrons. The number of aliphatic hydroxyl groups is 1. The Morgan fingerprint density at radius 1 is 1.30 bits per heavy atom. The minimum Gasteiger partial charge on any atom is -0.496 e. The fraction of sp³-hybridized carbons (Fsp3) is 0.625. The van der Waals surface area contributed by atoms with Crippen molar-refractivity contribution in [3.63, 3.8) is 0 Å². The number of β-amino-alcohol motifs (C(OH)–C–C–N with tert-alkyl or cyclic N) is 1. The summed E-state index contributed by atoms with van der Waals surface area (Å²) in [6.45, 7) is 9.01. The van der Waals surface area contributed by atoms with Crippen LogP contribution in [0.2, 0.25) is 0 Å². The van der Waals surface area contributed by atoms with Gasteiger partial charge in [-0.25, -0.2) is 0 Å². The van der Waals surface area contributed by atoms with Gasteiger partial charge in [0.05, 0.1) is 13.2 Å². The second-order valence-corrected chi connectivity index (χ2v) is 5.72. The number of ether oxygens (including phenoxy) is 1. The van der Waals surface area contributed by atoms with E-state index in [-0.39, 0.29) is 0 Å². The van der Waals surface area contributed by atoms with Crippen LogP contribution in [-0.2, 0) is 0 Å². The molecule has 1 aromatic rings. The Morgan fingerprint density at radius 2 is 2.00 bits per heavy atom. The van der Waals surface area contributed by atoms with Crippen LogP contribution in [0.1, 0.15) is 37.0 Å². The standard InChI is InChI=1S/C16H26N2O2/c1-12(2)14-10-13(4-5-16(14)20-3)15(19)11-18-8-6-17-7-9-18/h4-5,10,12,15,17,19H,6-9,11H2,1-3H3. The number of methoxy groups -OCH3 is 1. The fourth-order valence-electron chi connectivity index (χ4n) is 2.65. The van der Waals surface area contributed by atoms with Gasteiger partial charge in [-0.15, -0.1) is 0 Å². The van der Waals surface area contributed by atoms with Crippen molar-refractivity contribution in [2.24, 2.45) is 0 Å². The van der Waals surface area contributed by atoms with Crippen LogP contribution >= 0.6 is 0 Å². The molecule has 0 bridgehead atoms. The molecule has 1 heterocycles. The Hall–Kier alpha value is -1.10. The molecule has 4 heteroatoms. The first-order chi connectivity index (χ1) is 9.61. The largest absolute Gasteiger partial charge is 0.496 e. The number of hydrogen-bond acceptors (Lipinski definition) is 4. The summed E-state index contributed by atoms with van der Waals surface area (Å²) in [5, 5.41) is 13.8. The average Bonchev–Trinajstić information content (AvgIpc) is 2.47. The summed E-state index contributed by atoms with van der Waals surface area (Å²) in [5.41, 5.74) is 2.14. The zero-order valence-electron chi connectivity index (χ0n) is 12.7. The smallest absolute Gasteiger partial charge is 0.122 e. The molecule has 1 unspecified atom stereocenters. The molecule has 1 aliphatic rings. The zero-order valence-corrected chi connectivity index (χ0v) is 12.7. The van der Waals surface area contributed by atoms with E-state index in [0.29, 0.717) is 12.5 Å². The fourth-order valence-corrected chi connectivity index (χ4v) is 2.65. The van der Waals surface area contributed by atoms with E-state index in [1.54, 1.807) is 7.11 Å². The van der Waals surface area contributed by atoms with Crippen LogP contribution in [-0.4, -0.2) is 49.8 Å². The third kappa shape index (κ3) is 3.72. The minimum atomic E-state index is -0.434. The highest BCUT2D eigenvalue weighted by Gasteiger charge is 2.17. The maximum atomic E-state index is 10.4. The van der Waals surface area contributed by atoms with Crippen LogP contribution in [0.15, 0.2) is 18.2 Å². The van der Waals surface area contributed by atoms with Crippen molar-refractivity contribution >= 4 is 0 Å². The highest BCUT2D eigenvalue weighted by atomic mass is 16.5. The Kier molecular flexibility index (Phi) is 5.40. The number of piperazine rings is 1. The second kappa shape index (κ2) is 7.07. The van der Waals surface area contributed by atoms with Crippen molar-refractivity contribution in [3.8, 4) is 5.75 Å². The molecule has 1 aliphatic heterocycles. The molecule has 0 spiro atoms. The van der Waals surface area contributed by atoms with Crippen LogP contribution in [0.3, 0.4) is 0 Å². The van der Waals surface area contributed by atoms with Gasteiger partial charge in [0, 0.05) is 32.7 Å². The maximum Gasteiger partial charge on any atom is 0.122 e. The average molecular weight is 278 g/mol. The van der Waals surface area contributed by atoms with Gasteiger partial charge in [-0.05, 0) is 29.2 Å². The van der Waals surface area contributed by atoms with Crippen molar-refractivity contribution in [2.45, 2.75) is 25.9 Å². The van der Waals surface area contributed by atoms with Crippen LogP contribution in [0.4, 0.5) is 0 Å². The number of nitrogens with one attached hydrogen (secondary N) is 1. The first-order valence-corrected chi connectivity index (χ1v) is 7.40. The summed E-state index contributed by atoms with van der Waals surface area (Å²) in [6, 6.07) is 6.01. The number of hydrogen-bond donors (Lipinski definition) is 2. The van der Waals surface area contributed by atoms with Gasteiger partial charge < -0.3 is 15.2 Å². The van der Waals surface area contributed by atoms with E-state index in [1.165, 1.54) is 0 Å². The highest BCUT2D eigenvalue weighted by molar-refractivity contribution is 5.40. The van der Waals surface area contributed by atoms with Gasteiger partial charge in [0.15, 0.2) is 0 Å². The molecule has 0 saturated carbocycles. The quantitative estimate of drug-likeness (QED) is 0.861. The third-order valence-electron chi connectivity index (χ3n) is 3.90. The molecule has 2 rings (SSSR count). The van der Waals surface area contributed by atoms with Gasteiger partial charge in [-0.1, -0.05) is 19.9 Å². The molecule has 4 nitrogen and oxygen atoms in total. The van der Waals surface area contributed by atoms with E-state index in [2.05, 4.69) is 30.1 Å². The molecule has 1 saturated heterocycles. The summed E-state index contributed by atoms with van der Waals surface area (Å²) in [5.74, 6) is 1.29. The highest BCUT2D eigenvalue weighted by Crippen LogP contribution is 2.29. The van der Waals surface area contributed by atoms with Crippen LogP contribution in [0.25, 0.3) is 0 Å². The van der Waals surface area contributed by atoms with E-state index in [9.17, 15) is 5.11 Å². The lowest BCUT2D eigenvalue weighted by molar-refractivity contribution is 0.105. The predicted octanol–water partition coefficient (Wildman–Crippen LogP) is 1.76. The first kappa shape index (κ1) is 15.3. The van der Waals surface area contributed by atoms with Gasteiger partial charge in [0.25, 0.3) is 0 Å². The maximum absolute atomic E-state index is 10.4. The molecule has 2 N–H and O–H groups in total. The van der Waals surface area contributed by atoms with E-state index < -0.39 is 6.10 Å². The van der Waals surface area contributed by atoms with Gasteiger partial charge >= 0.3 is 0 Å². The lowest BCUT2D eigenvalue weighted by atomic mass is 9.97. The summed E-state index contributed by atoms with van der Waals surface area (Å²) in [7, 11) is 1.69. The van der Waals surface area contributed by atoms with Crippen molar-refractivity contribution in [2.75, 3.05) is 39.8 Å². The molecule has 0 aliphatic carbocycles. The molecule has 0 aromatic heterocycles. The molecular formula is C16H26N2O2. The van der Waals surface area contributed by atoms with E-state index >= 15 is 0 Å². The minimum absolute atomic E-state index is 0.385. The molecule has 112 valence electrons. The number of rotatable bonds is 5. The Labute approximate surface area is 121 Å². The Bertz CT molecular complexity index is 428. The SMILES string of the molecule is COc1ccc(C(O)CN2CCNCC2)cc1C(C)C. The summed E-state index contributed by atoms with van der Waals surface area (Å²) < 4.78 is 5.39. The van der Waals surface area contributed by atoms with Gasteiger partial charge in [-0.3, -0.25) is 4.90 Å².